The third kappa shape index (κ3) is 5.65. The number of carbonyl (C=O) groups excluding carboxylic acids is 1. The van der Waals surface area contributed by atoms with Crippen molar-refractivity contribution in [3.05, 3.63) is 65.5 Å². The first-order chi connectivity index (χ1) is 15.2. The van der Waals surface area contributed by atoms with E-state index in [0.717, 1.165) is 11.6 Å². The number of hydrogen-bond acceptors (Lipinski definition) is 5. The van der Waals surface area contributed by atoms with E-state index in [1.165, 1.54) is 29.9 Å². The van der Waals surface area contributed by atoms with Crippen LogP contribution in [0.1, 0.15) is 22.8 Å². The topological polar surface area (TPSA) is 109 Å². The van der Waals surface area contributed by atoms with Gasteiger partial charge in [0.1, 0.15) is 17.3 Å². The molecule has 0 aliphatic carbocycles. The van der Waals surface area contributed by atoms with Crippen LogP contribution in [0.15, 0.2) is 42.7 Å². The number of aryl methyl sites for hydroxylation is 1. The molecule has 8 nitrogen and oxygen atoms in total. The Morgan fingerprint density at radius 3 is 2.69 bits per heavy atom. The van der Waals surface area contributed by atoms with E-state index in [-0.39, 0.29) is 29.4 Å². The van der Waals surface area contributed by atoms with E-state index in [9.17, 15) is 18.4 Å². The van der Waals surface area contributed by atoms with Gasteiger partial charge in [-0.05, 0) is 30.2 Å². The Morgan fingerprint density at radius 1 is 1.25 bits per heavy atom. The number of benzene rings is 1. The summed E-state index contributed by atoms with van der Waals surface area (Å²) in [6.07, 6.45) is 3.49. The van der Waals surface area contributed by atoms with Crippen LogP contribution in [-0.2, 0) is 18.3 Å². The zero-order valence-electron chi connectivity index (χ0n) is 17.6. The van der Waals surface area contributed by atoms with E-state index < -0.39 is 23.6 Å². The lowest BCUT2D eigenvalue weighted by atomic mass is 10.1. The van der Waals surface area contributed by atoms with Gasteiger partial charge >= 0.3 is 5.97 Å². The second-order valence-corrected chi connectivity index (χ2v) is 7.37. The molecule has 3 N–H and O–H groups in total. The van der Waals surface area contributed by atoms with Crippen LogP contribution in [0.4, 0.5) is 14.6 Å². The molecule has 0 radical (unpaired) electrons. The summed E-state index contributed by atoms with van der Waals surface area (Å²) < 4.78 is 29.7. The maximum atomic E-state index is 14.8. The van der Waals surface area contributed by atoms with Gasteiger partial charge in [0.2, 0.25) is 0 Å². The number of carboxylic acids is 1. The van der Waals surface area contributed by atoms with Crippen LogP contribution in [0, 0.1) is 17.6 Å². The molecule has 2 aromatic heterocycles. The predicted octanol–water partition coefficient (Wildman–Crippen LogP) is 2.87. The van der Waals surface area contributed by atoms with Crippen molar-refractivity contribution in [2.75, 3.05) is 18.4 Å². The van der Waals surface area contributed by atoms with Crippen molar-refractivity contribution in [2.45, 2.75) is 13.3 Å². The number of amides is 1. The molecule has 0 aliphatic heterocycles. The Balaban J connectivity index is 1.85. The molecule has 0 aliphatic rings. The molecule has 0 spiro atoms. The van der Waals surface area contributed by atoms with Gasteiger partial charge in [-0.1, -0.05) is 19.1 Å². The molecule has 168 valence electrons. The zero-order chi connectivity index (χ0) is 23.3. The van der Waals surface area contributed by atoms with E-state index in [1.54, 1.807) is 25.4 Å². The summed E-state index contributed by atoms with van der Waals surface area (Å²) in [5.41, 5.74) is 1.13. The van der Waals surface area contributed by atoms with Gasteiger partial charge < -0.3 is 15.7 Å². The molecule has 0 fully saturated rings. The molecule has 10 heteroatoms. The molecular weight excluding hydrogens is 420 g/mol. The minimum absolute atomic E-state index is 0.0156. The predicted molar refractivity (Wildman–Crippen MR) is 114 cm³/mol. The quantitative estimate of drug-likeness (QED) is 0.469. The van der Waals surface area contributed by atoms with Crippen LogP contribution in [0.5, 0.6) is 0 Å². The van der Waals surface area contributed by atoms with E-state index in [0.29, 0.717) is 18.5 Å². The highest BCUT2D eigenvalue weighted by Crippen LogP contribution is 2.25. The third-order valence-corrected chi connectivity index (χ3v) is 4.78. The van der Waals surface area contributed by atoms with Crippen LogP contribution in [0.2, 0.25) is 0 Å². The monoisotopic (exact) mass is 443 g/mol. The molecule has 1 atom stereocenters. The van der Waals surface area contributed by atoms with Gasteiger partial charge in [-0.15, -0.1) is 0 Å². The molecule has 2 heterocycles. The van der Waals surface area contributed by atoms with Gasteiger partial charge in [-0.25, -0.2) is 13.8 Å². The first kappa shape index (κ1) is 22.9. The molecule has 0 unspecified atom stereocenters. The van der Waals surface area contributed by atoms with E-state index in [2.05, 4.69) is 20.7 Å². The lowest BCUT2D eigenvalue weighted by Crippen LogP contribution is -2.32. The molecular formula is C22H23F2N5O3. The number of aromatic nitrogens is 3. The van der Waals surface area contributed by atoms with Crippen molar-refractivity contribution in [1.29, 1.82) is 0 Å². The van der Waals surface area contributed by atoms with E-state index in [1.807, 2.05) is 0 Å². The van der Waals surface area contributed by atoms with E-state index in [4.69, 9.17) is 5.11 Å². The number of aliphatic carboxylic acids is 1. The molecule has 1 aromatic carbocycles. The molecule has 0 bridgehead atoms. The minimum Gasteiger partial charge on any atom is -0.481 e. The summed E-state index contributed by atoms with van der Waals surface area (Å²) in [5, 5.41) is 18.5. The number of nitrogens with one attached hydrogen (secondary N) is 2. The maximum Gasteiger partial charge on any atom is 0.308 e. The van der Waals surface area contributed by atoms with Crippen molar-refractivity contribution in [3.63, 3.8) is 0 Å². The normalized spacial score (nSPS) is 11.8. The summed E-state index contributed by atoms with van der Waals surface area (Å²) >= 11 is 0. The van der Waals surface area contributed by atoms with Crippen LogP contribution >= 0.6 is 0 Å². The highest BCUT2D eigenvalue weighted by atomic mass is 19.1. The minimum atomic E-state index is -1.06. The number of anilines is 1. The fourth-order valence-corrected chi connectivity index (χ4v) is 2.99. The Bertz CT molecular complexity index is 1130. The zero-order valence-corrected chi connectivity index (χ0v) is 17.6. The van der Waals surface area contributed by atoms with Crippen LogP contribution in [-0.4, -0.2) is 44.8 Å². The number of pyridine rings is 1. The number of nitrogens with zero attached hydrogens (tertiary/aromatic N) is 3. The average molecular weight is 443 g/mol. The number of hydrogen-bond donors (Lipinski definition) is 3. The fourth-order valence-electron chi connectivity index (χ4n) is 2.99. The van der Waals surface area contributed by atoms with Crippen LogP contribution in [0.3, 0.4) is 0 Å². The Labute approximate surface area is 183 Å². The summed E-state index contributed by atoms with van der Waals surface area (Å²) in [5.74, 6) is -3.47. The van der Waals surface area contributed by atoms with Gasteiger partial charge in [0.05, 0.1) is 17.7 Å². The van der Waals surface area contributed by atoms with Crippen molar-refractivity contribution in [3.8, 4) is 11.3 Å². The van der Waals surface area contributed by atoms with E-state index >= 15 is 0 Å². The van der Waals surface area contributed by atoms with Crippen LogP contribution < -0.4 is 10.6 Å². The van der Waals surface area contributed by atoms with Gasteiger partial charge in [0, 0.05) is 31.9 Å². The summed E-state index contributed by atoms with van der Waals surface area (Å²) in [7, 11) is 1.69. The summed E-state index contributed by atoms with van der Waals surface area (Å²) in [6, 6.07) is 7.18. The molecule has 1 amide bonds. The summed E-state index contributed by atoms with van der Waals surface area (Å²) in [6.45, 7) is 1.63. The third-order valence-electron chi connectivity index (χ3n) is 4.78. The first-order valence-corrected chi connectivity index (χ1v) is 9.93. The summed E-state index contributed by atoms with van der Waals surface area (Å²) in [4.78, 5) is 28.0. The molecule has 3 aromatic rings. The van der Waals surface area contributed by atoms with Gasteiger partial charge in [0.15, 0.2) is 5.82 Å². The SMILES string of the molecule is C[C@@H](CNC(=O)c1cc(F)c(-c2cnn(C)c2)nc1NCCc1cccc(F)c1)C(=O)O. The van der Waals surface area contributed by atoms with Crippen molar-refractivity contribution < 1.29 is 23.5 Å². The Kier molecular flexibility index (Phi) is 7.14. The molecule has 0 saturated heterocycles. The number of carboxylic acid groups (broad SMARTS) is 1. The fraction of sp³-hybridized carbons (Fsp3) is 0.273. The van der Waals surface area contributed by atoms with Crippen molar-refractivity contribution in [2.24, 2.45) is 13.0 Å². The maximum absolute atomic E-state index is 14.8. The second-order valence-electron chi connectivity index (χ2n) is 7.37. The number of carbonyl (C=O) groups is 2. The Morgan fingerprint density at radius 2 is 2.03 bits per heavy atom. The Hall–Kier alpha value is -3.82. The number of halogens is 2. The van der Waals surface area contributed by atoms with Crippen molar-refractivity contribution >= 4 is 17.7 Å². The molecule has 32 heavy (non-hydrogen) atoms. The lowest BCUT2D eigenvalue weighted by molar-refractivity contribution is -0.140. The standard InChI is InChI=1S/C22H23F2N5O3/c1-13(22(31)32)10-26-21(30)17-9-18(24)19(15-11-27-29(2)12-15)28-20(17)25-7-6-14-4-3-5-16(23)8-14/h3-5,8-9,11-13H,6-7,10H2,1-2H3,(H,25,28)(H,26,30)(H,31,32)/t13-/m0/s1. The highest BCUT2D eigenvalue weighted by Gasteiger charge is 2.20. The smallest absolute Gasteiger partial charge is 0.308 e. The van der Waals surface area contributed by atoms with Gasteiger partial charge in [-0.2, -0.15) is 5.10 Å². The van der Waals surface area contributed by atoms with Crippen LogP contribution in [0.25, 0.3) is 11.3 Å². The highest BCUT2D eigenvalue weighted by molar-refractivity contribution is 5.99. The molecule has 3 rings (SSSR count). The lowest BCUT2D eigenvalue weighted by Gasteiger charge is -2.14. The largest absolute Gasteiger partial charge is 0.481 e. The molecule has 0 saturated carbocycles. The second kappa shape index (κ2) is 9.99. The van der Waals surface area contributed by atoms with Crippen molar-refractivity contribution in [1.82, 2.24) is 20.1 Å². The average Bonchev–Trinajstić information content (AvgIpc) is 3.18. The van der Waals surface area contributed by atoms with Gasteiger partial charge in [0.25, 0.3) is 5.91 Å². The number of rotatable bonds is 9. The first-order valence-electron chi connectivity index (χ1n) is 9.93. The van der Waals surface area contributed by atoms with Gasteiger partial charge in [-0.3, -0.25) is 14.3 Å².